The zero-order valence-electron chi connectivity index (χ0n) is 19.4. The summed E-state index contributed by atoms with van der Waals surface area (Å²) in [5.41, 5.74) is 1.58. The minimum atomic E-state index is -0.803. The van der Waals surface area contributed by atoms with E-state index in [0.29, 0.717) is 31.5 Å². The zero-order valence-corrected chi connectivity index (χ0v) is 19.4. The molecule has 0 aromatic heterocycles. The molecule has 0 aliphatic carbocycles. The topological polar surface area (TPSA) is 78.5 Å². The SMILES string of the molecule is CC[C@H](C)NC(=O)[C@@H](NC(=O)c1ccccc1F)C1CCN(C(=O)c2cccc(C)c2)CC1. The second-order valence-electron chi connectivity index (χ2n) is 8.75. The lowest BCUT2D eigenvalue weighted by Gasteiger charge is -2.36. The number of hydrogen-bond donors (Lipinski definition) is 2. The van der Waals surface area contributed by atoms with Gasteiger partial charge in [0.2, 0.25) is 5.91 Å². The van der Waals surface area contributed by atoms with E-state index in [4.69, 9.17) is 0 Å². The van der Waals surface area contributed by atoms with E-state index < -0.39 is 17.8 Å². The van der Waals surface area contributed by atoms with Crippen molar-refractivity contribution in [3.8, 4) is 0 Å². The van der Waals surface area contributed by atoms with Crippen LogP contribution in [0, 0.1) is 18.7 Å². The number of carbonyl (C=O) groups excluding carboxylic acids is 3. The Bertz CT molecular complexity index is 1000. The summed E-state index contributed by atoms with van der Waals surface area (Å²) < 4.78 is 14.1. The van der Waals surface area contributed by atoms with Crippen molar-refractivity contribution in [1.29, 1.82) is 0 Å². The van der Waals surface area contributed by atoms with Crippen molar-refractivity contribution in [3.63, 3.8) is 0 Å². The third kappa shape index (κ3) is 6.18. The van der Waals surface area contributed by atoms with Crippen molar-refractivity contribution >= 4 is 17.7 Å². The Labute approximate surface area is 194 Å². The molecule has 33 heavy (non-hydrogen) atoms. The van der Waals surface area contributed by atoms with Gasteiger partial charge in [-0.15, -0.1) is 0 Å². The summed E-state index contributed by atoms with van der Waals surface area (Å²) in [6, 6.07) is 12.3. The van der Waals surface area contributed by atoms with Crippen LogP contribution in [0.25, 0.3) is 0 Å². The molecule has 6 nitrogen and oxygen atoms in total. The predicted molar refractivity (Wildman–Crippen MR) is 125 cm³/mol. The lowest BCUT2D eigenvalue weighted by Crippen LogP contribution is -2.55. The normalized spacial score (nSPS) is 16.1. The average Bonchev–Trinajstić information content (AvgIpc) is 2.82. The first kappa shape index (κ1) is 24.4. The lowest BCUT2D eigenvalue weighted by atomic mass is 9.88. The highest BCUT2D eigenvalue weighted by Gasteiger charge is 2.35. The minimum Gasteiger partial charge on any atom is -0.352 e. The van der Waals surface area contributed by atoms with Crippen molar-refractivity contribution in [1.82, 2.24) is 15.5 Å². The van der Waals surface area contributed by atoms with Crippen LogP contribution in [-0.2, 0) is 4.79 Å². The molecule has 0 radical (unpaired) electrons. The first-order valence-electron chi connectivity index (χ1n) is 11.5. The summed E-state index contributed by atoms with van der Waals surface area (Å²) in [4.78, 5) is 40.5. The Kier molecular flexibility index (Phi) is 8.20. The van der Waals surface area contributed by atoms with Gasteiger partial charge in [-0.05, 0) is 63.3 Å². The maximum absolute atomic E-state index is 14.1. The fourth-order valence-electron chi connectivity index (χ4n) is 4.09. The molecule has 1 aliphatic heterocycles. The molecule has 2 aromatic carbocycles. The average molecular weight is 454 g/mol. The van der Waals surface area contributed by atoms with E-state index >= 15 is 0 Å². The van der Waals surface area contributed by atoms with Crippen LogP contribution in [0.2, 0.25) is 0 Å². The molecule has 1 heterocycles. The van der Waals surface area contributed by atoms with Gasteiger partial charge >= 0.3 is 0 Å². The highest BCUT2D eigenvalue weighted by molar-refractivity contribution is 5.98. The van der Waals surface area contributed by atoms with E-state index in [-0.39, 0.29) is 29.3 Å². The molecule has 0 bridgehead atoms. The number of nitrogens with zero attached hydrogens (tertiary/aromatic N) is 1. The van der Waals surface area contributed by atoms with Gasteiger partial charge in [0.05, 0.1) is 5.56 Å². The fourth-order valence-corrected chi connectivity index (χ4v) is 4.09. The molecule has 2 aromatic rings. The van der Waals surface area contributed by atoms with Gasteiger partial charge in [0, 0.05) is 24.7 Å². The largest absolute Gasteiger partial charge is 0.352 e. The van der Waals surface area contributed by atoms with Crippen LogP contribution in [-0.4, -0.2) is 47.8 Å². The monoisotopic (exact) mass is 453 g/mol. The first-order valence-corrected chi connectivity index (χ1v) is 11.5. The molecule has 0 unspecified atom stereocenters. The van der Waals surface area contributed by atoms with E-state index in [9.17, 15) is 18.8 Å². The highest BCUT2D eigenvalue weighted by atomic mass is 19.1. The third-order valence-corrected chi connectivity index (χ3v) is 6.25. The fraction of sp³-hybridized carbons (Fsp3) is 0.423. The quantitative estimate of drug-likeness (QED) is 0.671. The van der Waals surface area contributed by atoms with Gasteiger partial charge < -0.3 is 15.5 Å². The van der Waals surface area contributed by atoms with Gasteiger partial charge in [-0.1, -0.05) is 36.8 Å². The summed E-state index contributed by atoms with van der Waals surface area (Å²) in [6.45, 7) is 6.78. The van der Waals surface area contributed by atoms with Crippen molar-refractivity contribution in [2.45, 2.75) is 52.1 Å². The minimum absolute atomic E-state index is 0.0341. The molecule has 1 fully saturated rings. The summed E-state index contributed by atoms with van der Waals surface area (Å²) in [5, 5.41) is 5.70. The lowest BCUT2D eigenvalue weighted by molar-refractivity contribution is -0.125. The van der Waals surface area contributed by atoms with Gasteiger partial charge in [0.25, 0.3) is 11.8 Å². The van der Waals surface area contributed by atoms with Gasteiger partial charge in [0.1, 0.15) is 11.9 Å². The maximum atomic E-state index is 14.1. The standard InChI is InChI=1S/C26H32FN3O3/c1-4-18(3)28-25(32)23(29-24(31)21-10-5-6-11-22(21)27)19-12-14-30(15-13-19)26(33)20-9-7-8-17(2)16-20/h5-11,16,18-19,23H,4,12-15H2,1-3H3,(H,28,32)(H,29,31)/t18-,23-/m0/s1. The van der Waals surface area contributed by atoms with Crippen LogP contribution in [0.15, 0.2) is 48.5 Å². The second kappa shape index (κ2) is 11.1. The maximum Gasteiger partial charge on any atom is 0.254 e. The van der Waals surface area contributed by atoms with Gasteiger partial charge in [0.15, 0.2) is 0 Å². The van der Waals surface area contributed by atoms with Crippen LogP contribution >= 0.6 is 0 Å². The molecule has 3 rings (SSSR count). The molecule has 0 spiro atoms. The van der Waals surface area contributed by atoms with E-state index in [2.05, 4.69) is 10.6 Å². The number of carbonyl (C=O) groups is 3. The van der Waals surface area contributed by atoms with Gasteiger partial charge in [-0.3, -0.25) is 14.4 Å². The number of halogens is 1. The highest BCUT2D eigenvalue weighted by Crippen LogP contribution is 2.23. The zero-order chi connectivity index (χ0) is 24.0. The van der Waals surface area contributed by atoms with Crippen molar-refractivity contribution in [2.75, 3.05) is 13.1 Å². The predicted octanol–water partition coefficient (Wildman–Crippen LogP) is 3.70. The number of rotatable bonds is 7. The second-order valence-corrected chi connectivity index (χ2v) is 8.75. The summed E-state index contributed by atoms with van der Waals surface area (Å²) in [7, 11) is 0. The van der Waals surface area contributed by atoms with E-state index in [1.165, 1.54) is 18.2 Å². The van der Waals surface area contributed by atoms with Crippen LogP contribution < -0.4 is 10.6 Å². The number of benzene rings is 2. The van der Waals surface area contributed by atoms with E-state index in [0.717, 1.165) is 12.0 Å². The summed E-state index contributed by atoms with van der Waals surface area (Å²) >= 11 is 0. The smallest absolute Gasteiger partial charge is 0.254 e. The van der Waals surface area contributed by atoms with Crippen LogP contribution in [0.1, 0.15) is 59.4 Å². The molecule has 1 aliphatic rings. The molecule has 0 saturated carbocycles. The molecule has 2 atom stereocenters. The molecule has 2 N–H and O–H groups in total. The van der Waals surface area contributed by atoms with E-state index in [1.54, 1.807) is 17.0 Å². The van der Waals surface area contributed by atoms with Crippen LogP contribution in [0.5, 0.6) is 0 Å². The number of piperidine rings is 1. The Hall–Kier alpha value is -3.22. The van der Waals surface area contributed by atoms with Crippen molar-refractivity contribution < 1.29 is 18.8 Å². The third-order valence-electron chi connectivity index (χ3n) is 6.25. The number of hydrogen-bond acceptors (Lipinski definition) is 3. The Morgan fingerprint density at radius 1 is 1.06 bits per heavy atom. The van der Waals surface area contributed by atoms with E-state index in [1.807, 2.05) is 39.0 Å². The van der Waals surface area contributed by atoms with Gasteiger partial charge in [-0.2, -0.15) is 0 Å². The molecular formula is C26H32FN3O3. The number of aryl methyl sites for hydroxylation is 1. The first-order chi connectivity index (χ1) is 15.8. The van der Waals surface area contributed by atoms with Crippen molar-refractivity contribution in [3.05, 3.63) is 71.0 Å². The summed E-state index contributed by atoms with van der Waals surface area (Å²) in [6.07, 6.45) is 1.88. The van der Waals surface area contributed by atoms with Crippen LogP contribution in [0.4, 0.5) is 4.39 Å². The molecule has 1 saturated heterocycles. The molecule has 3 amide bonds. The van der Waals surface area contributed by atoms with Crippen LogP contribution in [0.3, 0.4) is 0 Å². The number of nitrogens with one attached hydrogen (secondary N) is 2. The molecule has 176 valence electrons. The Morgan fingerprint density at radius 2 is 1.76 bits per heavy atom. The summed E-state index contributed by atoms with van der Waals surface area (Å²) in [5.74, 6) is -1.72. The van der Waals surface area contributed by atoms with Gasteiger partial charge in [-0.25, -0.2) is 4.39 Å². The van der Waals surface area contributed by atoms with Crippen molar-refractivity contribution in [2.24, 2.45) is 5.92 Å². The molecular weight excluding hydrogens is 421 g/mol. The Morgan fingerprint density at radius 3 is 2.39 bits per heavy atom. The number of amides is 3. The Balaban J connectivity index is 1.71. The number of likely N-dealkylation sites (tertiary alicyclic amines) is 1. The molecule has 7 heteroatoms.